The highest BCUT2D eigenvalue weighted by atomic mass is 32.1. The maximum atomic E-state index is 10.6. The molecule has 0 fully saturated rings. The van der Waals surface area contributed by atoms with E-state index < -0.39 is 5.91 Å². The van der Waals surface area contributed by atoms with Crippen LogP contribution in [-0.4, -0.2) is 18.7 Å². The minimum Gasteiger partial charge on any atom is -0.484 e. The van der Waals surface area contributed by atoms with Gasteiger partial charge in [-0.3, -0.25) is 9.79 Å². The van der Waals surface area contributed by atoms with Crippen molar-refractivity contribution in [3.8, 4) is 5.75 Å². The molecule has 20 heavy (non-hydrogen) atoms. The van der Waals surface area contributed by atoms with E-state index >= 15 is 0 Å². The predicted octanol–water partition coefficient (Wildman–Crippen LogP) is 2.59. The summed E-state index contributed by atoms with van der Waals surface area (Å²) < 4.78 is 5.17. The number of para-hydroxylation sites is 1. The Hall–Kier alpha value is -2.27. The van der Waals surface area contributed by atoms with E-state index in [1.54, 1.807) is 18.3 Å². The number of thiol groups is 1. The van der Waals surface area contributed by atoms with Crippen molar-refractivity contribution in [2.75, 3.05) is 6.61 Å². The number of amides is 1. The Morgan fingerprint density at radius 1 is 1.20 bits per heavy atom. The van der Waals surface area contributed by atoms with Gasteiger partial charge in [-0.2, -0.15) is 0 Å². The van der Waals surface area contributed by atoms with Gasteiger partial charge in [-0.25, -0.2) is 0 Å². The van der Waals surface area contributed by atoms with Crippen LogP contribution in [0.25, 0.3) is 0 Å². The molecule has 1 amide bonds. The lowest BCUT2D eigenvalue weighted by molar-refractivity contribution is -0.119. The van der Waals surface area contributed by atoms with E-state index in [2.05, 4.69) is 17.6 Å². The largest absolute Gasteiger partial charge is 0.484 e. The highest BCUT2D eigenvalue weighted by Crippen LogP contribution is 2.21. The average Bonchev–Trinajstić information content (AvgIpc) is 2.45. The quantitative estimate of drug-likeness (QED) is 0.655. The molecule has 0 saturated heterocycles. The molecule has 5 heteroatoms. The highest BCUT2D eigenvalue weighted by molar-refractivity contribution is 7.80. The summed E-state index contributed by atoms with van der Waals surface area (Å²) in [6.07, 6.45) is 1.74. The topological polar surface area (TPSA) is 64.7 Å². The molecule has 4 nitrogen and oxygen atoms in total. The fourth-order valence-electron chi connectivity index (χ4n) is 1.52. The zero-order chi connectivity index (χ0) is 14.4. The summed E-state index contributed by atoms with van der Waals surface area (Å²) in [5.41, 5.74) is 6.74. The number of nitrogens with two attached hydrogens (primary N) is 1. The molecule has 2 N–H and O–H groups in total. The van der Waals surface area contributed by atoms with Gasteiger partial charge in [0.1, 0.15) is 5.75 Å². The van der Waals surface area contributed by atoms with Gasteiger partial charge in [0.25, 0.3) is 5.91 Å². The van der Waals surface area contributed by atoms with Crippen LogP contribution in [0.2, 0.25) is 0 Å². The molecular formula is C15H14N2O2S. The van der Waals surface area contributed by atoms with Crippen LogP contribution >= 0.6 is 12.6 Å². The predicted molar refractivity (Wildman–Crippen MR) is 82.1 cm³/mol. The van der Waals surface area contributed by atoms with E-state index in [1.165, 1.54) is 0 Å². The monoisotopic (exact) mass is 286 g/mol. The number of nitrogens with zero attached hydrogens (tertiary/aromatic N) is 1. The van der Waals surface area contributed by atoms with Crippen LogP contribution < -0.4 is 10.5 Å². The normalized spacial score (nSPS) is 10.7. The molecular weight excluding hydrogens is 272 g/mol. The van der Waals surface area contributed by atoms with Gasteiger partial charge in [-0.15, -0.1) is 12.6 Å². The van der Waals surface area contributed by atoms with Crippen molar-refractivity contribution in [2.24, 2.45) is 10.7 Å². The molecule has 0 aliphatic rings. The minimum absolute atomic E-state index is 0.125. The Bertz CT molecular complexity index is 624. The Morgan fingerprint density at radius 3 is 2.55 bits per heavy atom. The van der Waals surface area contributed by atoms with Gasteiger partial charge >= 0.3 is 0 Å². The summed E-state index contributed by atoms with van der Waals surface area (Å²) in [7, 11) is 0. The fourth-order valence-corrected chi connectivity index (χ4v) is 1.74. The summed E-state index contributed by atoms with van der Waals surface area (Å²) in [6.45, 7) is -0.125. The Morgan fingerprint density at radius 2 is 1.90 bits per heavy atom. The summed E-state index contributed by atoms with van der Waals surface area (Å²) >= 11 is 4.33. The Labute approximate surface area is 122 Å². The SMILES string of the molecule is NC(=O)COc1ccc(C=Nc2ccccc2S)cc1. The number of benzene rings is 2. The third-order valence-electron chi connectivity index (χ3n) is 2.50. The molecule has 0 saturated carbocycles. The van der Waals surface area contributed by atoms with Crippen LogP contribution in [0.15, 0.2) is 58.4 Å². The Kier molecular flexibility index (Phi) is 4.79. The van der Waals surface area contributed by atoms with E-state index in [9.17, 15) is 4.79 Å². The van der Waals surface area contributed by atoms with Gasteiger partial charge < -0.3 is 10.5 Å². The summed E-state index contributed by atoms with van der Waals surface area (Å²) in [4.78, 5) is 15.8. The molecule has 0 unspecified atom stereocenters. The van der Waals surface area contributed by atoms with Crippen LogP contribution in [0.1, 0.15) is 5.56 Å². The van der Waals surface area contributed by atoms with Crippen molar-refractivity contribution in [2.45, 2.75) is 4.90 Å². The van der Waals surface area contributed by atoms with Crippen molar-refractivity contribution in [1.29, 1.82) is 0 Å². The van der Waals surface area contributed by atoms with E-state index in [0.717, 1.165) is 16.1 Å². The second-order valence-corrected chi connectivity index (χ2v) is 4.55. The third kappa shape index (κ3) is 4.13. The van der Waals surface area contributed by atoms with Crippen LogP contribution in [-0.2, 0) is 4.79 Å². The molecule has 0 radical (unpaired) electrons. The molecule has 2 aromatic rings. The van der Waals surface area contributed by atoms with Gasteiger partial charge in [0.15, 0.2) is 6.61 Å². The number of hydrogen-bond acceptors (Lipinski definition) is 4. The lowest BCUT2D eigenvalue weighted by Crippen LogP contribution is -2.19. The van der Waals surface area contributed by atoms with Crippen LogP contribution in [0.5, 0.6) is 5.75 Å². The number of carbonyl (C=O) groups is 1. The molecule has 0 aliphatic carbocycles. The van der Waals surface area contributed by atoms with Gasteiger partial charge in [0.2, 0.25) is 0 Å². The van der Waals surface area contributed by atoms with Gasteiger partial charge in [-0.05, 0) is 42.0 Å². The van der Waals surface area contributed by atoms with Gasteiger partial charge in [0, 0.05) is 11.1 Å². The average molecular weight is 286 g/mol. The zero-order valence-corrected chi connectivity index (χ0v) is 11.6. The van der Waals surface area contributed by atoms with E-state index in [0.29, 0.717) is 5.75 Å². The first-order valence-corrected chi connectivity index (χ1v) is 6.43. The molecule has 2 aromatic carbocycles. The molecule has 0 heterocycles. The number of hydrogen-bond donors (Lipinski definition) is 2. The molecule has 0 spiro atoms. The van der Waals surface area contributed by atoms with E-state index in [1.807, 2.05) is 36.4 Å². The number of ether oxygens (including phenoxy) is 1. The van der Waals surface area contributed by atoms with Crippen molar-refractivity contribution < 1.29 is 9.53 Å². The second-order valence-electron chi connectivity index (χ2n) is 4.07. The molecule has 0 aromatic heterocycles. The van der Waals surface area contributed by atoms with Gasteiger partial charge in [0.05, 0.1) is 5.69 Å². The van der Waals surface area contributed by atoms with E-state index in [4.69, 9.17) is 10.5 Å². The standard InChI is InChI=1S/C15H14N2O2S/c16-15(18)10-19-12-7-5-11(6-8-12)9-17-13-3-1-2-4-14(13)20/h1-9,20H,10H2,(H2,16,18). The first kappa shape index (κ1) is 14.1. The maximum Gasteiger partial charge on any atom is 0.255 e. The molecule has 0 aliphatic heterocycles. The minimum atomic E-state index is -0.499. The molecule has 0 atom stereocenters. The van der Waals surface area contributed by atoms with Crippen molar-refractivity contribution in [1.82, 2.24) is 0 Å². The summed E-state index contributed by atoms with van der Waals surface area (Å²) in [6, 6.07) is 14.8. The van der Waals surface area contributed by atoms with E-state index in [-0.39, 0.29) is 6.61 Å². The van der Waals surface area contributed by atoms with Gasteiger partial charge in [-0.1, -0.05) is 12.1 Å². The van der Waals surface area contributed by atoms with Crippen molar-refractivity contribution >= 4 is 30.4 Å². The lowest BCUT2D eigenvalue weighted by atomic mass is 10.2. The number of primary amides is 1. The molecule has 2 rings (SSSR count). The first-order valence-electron chi connectivity index (χ1n) is 5.98. The van der Waals surface area contributed by atoms with Crippen LogP contribution in [0.4, 0.5) is 5.69 Å². The molecule has 0 bridgehead atoms. The molecule has 102 valence electrons. The number of carbonyl (C=O) groups excluding carboxylic acids is 1. The first-order chi connectivity index (χ1) is 9.65. The third-order valence-corrected chi connectivity index (χ3v) is 2.87. The number of aliphatic imine (C=N–C) groups is 1. The van der Waals surface area contributed by atoms with Crippen LogP contribution in [0.3, 0.4) is 0 Å². The maximum absolute atomic E-state index is 10.6. The number of rotatable bonds is 5. The lowest BCUT2D eigenvalue weighted by Gasteiger charge is -2.03. The van der Waals surface area contributed by atoms with Crippen LogP contribution in [0, 0.1) is 0 Å². The second kappa shape index (κ2) is 6.77. The Balaban J connectivity index is 2.04. The zero-order valence-electron chi connectivity index (χ0n) is 10.7. The summed E-state index contributed by atoms with van der Waals surface area (Å²) in [5, 5.41) is 0. The fraction of sp³-hybridized carbons (Fsp3) is 0.0667. The highest BCUT2D eigenvalue weighted by Gasteiger charge is 1.98. The van der Waals surface area contributed by atoms with Crippen molar-refractivity contribution in [3.63, 3.8) is 0 Å². The van der Waals surface area contributed by atoms with Crippen molar-refractivity contribution in [3.05, 3.63) is 54.1 Å². The smallest absolute Gasteiger partial charge is 0.255 e. The summed E-state index contributed by atoms with van der Waals surface area (Å²) in [5.74, 6) is 0.0940.